The Hall–Kier alpha value is -2.06. The molecule has 1 aromatic rings. The van der Waals surface area contributed by atoms with Crippen molar-refractivity contribution in [3.8, 4) is 6.07 Å². The molecule has 132 valence electrons. The molecule has 2 aliphatic heterocycles. The Morgan fingerprint density at radius 3 is 2.40 bits per heavy atom. The number of nitriles is 1. The zero-order chi connectivity index (χ0) is 17.2. The summed E-state index contributed by atoms with van der Waals surface area (Å²) in [5, 5.41) is 8.88. The number of rotatable bonds is 3. The summed E-state index contributed by atoms with van der Waals surface area (Å²) in [4.78, 5) is 19.7. The van der Waals surface area contributed by atoms with Gasteiger partial charge in [0.05, 0.1) is 17.6 Å². The Morgan fingerprint density at radius 1 is 1.00 bits per heavy atom. The average molecular weight is 338 g/mol. The number of amides is 1. The molecule has 1 saturated carbocycles. The van der Waals surface area contributed by atoms with Gasteiger partial charge in [0.2, 0.25) is 5.91 Å². The molecule has 1 aromatic carbocycles. The Labute approximate surface area is 149 Å². The molecule has 2 saturated heterocycles. The van der Waals surface area contributed by atoms with Crippen LogP contribution >= 0.6 is 0 Å². The van der Waals surface area contributed by atoms with E-state index in [9.17, 15) is 4.79 Å². The molecule has 3 aliphatic rings. The summed E-state index contributed by atoms with van der Waals surface area (Å²) < 4.78 is 0. The lowest BCUT2D eigenvalue weighted by molar-refractivity contribution is -0.136. The van der Waals surface area contributed by atoms with Crippen LogP contribution in [0.2, 0.25) is 0 Å². The molecule has 0 bridgehead atoms. The number of hydrogen-bond acceptors (Lipinski definition) is 4. The molecule has 3 fully saturated rings. The predicted molar refractivity (Wildman–Crippen MR) is 97.3 cm³/mol. The molecule has 25 heavy (non-hydrogen) atoms. The number of hydrogen-bond donors (Lipinski definition) is 0. The second-order valence-electron chi connectivity index (χ2n) is 7.56. The molecule has 1 aliphatic carbocycles. The molecule has 0 radical (unpaired) electrons. The molecule has 2 heterocycles. The van der Waals surface area contributed by atoms with Gasteiger partial charge in [-0.05, 0) is 43.5 Å². The minimum absolute atomic E-state index is 0.130. The third-order valence-corrected chi connectivity index (χ3v) is 6.03. The number of carbonyl (C=O) groups excluding carboxylic acids is 1. The first kappa shape index (κ1) is 16.4. The zero-order valence-corrected chi connectivity index (χ0v) is 14.7. The molecule has 0 N–H and O–H groups in total. The van der Waals surface area contributed by atoms with E-state index in [0.29, 0.717) is 11.5 Å². The van der Waals surface area contributed by atoms with Crippen molar-refractivity contribution in [2.24, 2.45) is 5.92 Å². The van der Waals surface area contributed by atoms with Crippen LogP contribution < -0.4 is 4.90 Å². The van der Waals surface area contributed by atoms with Crippen LogP contribution in [0.15, 0.2) is 24.3 Å². The van der Waals surface area contributed by atoms with Crippen LogP contribution in [-0.4, -0.2) is 61.0 Å². The van der Waals surface area contributed by atoms with Crippen LogP contribution in [0.4, 0.5) is 5.69 Å². The van der Waals surface area contributed by atoms with Crippen molar-refractivity contribution < 1.29 is 4.79 Å². The summed E-state index contributed by atoms with van der Waals surface area (Å²) in [7, 11) is 0. The third-order valence-electron chi connectivity index (χ3n) is 6.03. The largest absolute Gasteiger partial charge is 0.370 e. The highest BCUT2D eigenvalue weighted by atomic mass is 16.2. The van der Waals surface area contributed by atoms with Gasteiger partial charge in [-0.25, -0.2) is 0 Å². The van der Waals surface area contributed by atoms with Gasteiger partial charge in [-0.2, -0.15) is 5.26 Å². The minimum Gasteiger partial charge on any atom is -0.370 e. The van der Waals surface area contributed by atoms with Crippen LogP contribution in [0, 0.1) is 17.2 Å². The van der Waals surface area contributed by atoms with Gasteiger partial charge >= 0.3 is 0 Å². The van der Waals surface area contributed by atoms with E-state index in [4.69, 9.17) is 5.26 Å². The number of nitrogens with zero attached hydrogens (tertiary/aromatic N) is 4. The molecule has 1 amide bonds. The minimum atomic E-state index is 0.130. The van der Waals surface area contributed by atoms with E-state index in [2.05, 4.69) is 20.8 Å². The molecule has 5 heteroatoms. The van der Waals surface area contributed by atoms with E-state index in [-0.39, 0.29) is 5.92 Å². The topological polar surface area (TPSA) is 50.6 Å². The quantitative estimate of drug-likeness (QED) is 0.847. The monoisotopic (exact) mass is 338 g/mol. The normalized spacial score (nSPS) is 22.7. The second kappa shape index (κ2) is 7.05. The van der Waals surface area contributed by atoms with Crippen molar-refractivity contribution in [3.05, 3.63) is 29.8 Å². The maximum Gasteiger partial charge on any atom is 0.229 e. The standard InChI is InChI=1S/C20H26N4O/c21-13-16-5-7-19(8-6-16)24-14-17(15-24)20(25)23-10-2-9-22(11-12-23)18-3-1-4-18/h5-8,17-18H,1-4,9-12,14-15H2. The Kier molecular flexibility index (Phi) is 4.63. The lowest BCUT2D eigenvalue weighted by Crippen LogP contribution is -2.55. The lowest BCUT2D eigenvalue weighted by Gasteiger charge is -2.42. The highest BCUT2D eigenvalue weighted by molar-refractivity contribution is 5.82. The zero-order valence-electron chi connectivity index (χ0n) is 14.7. The second-order valence-corrected chi connectivity index (χ2v) is 7.56. The van der Waals surface area contributed by atoms with Crippen LogP contribution in [0.5, 0.6) is 0 Å². The van der Waals surface area contributed by atoms with Gasteiger partial charge in [0.1, 0.15) is 0 Å². The highest BCUT2D eigenvalue weighted by Gasteiger charge is 2.36. The maximum atomic E-state index is 12.8. The molecule has 0 spiro atoms. The fourth-order valence-corrected chi connectivity index (χ4v) is 4.13. The SMILES string of the molecule is N#Cc1ccc(N2CC(C(=O)N3CCCN(C4CCC4)CC3)C2)cc1. The molecule has 0 unspecified atom stereocenters. The van der Waals surface area contributed by atoms with E-state index >= 15 is 0 Å². The summed E-state index contributed by atoms with van der Waals surface area (Å²) >= 11 is 0. The summed E-state index contributed by atoms with van der Waals surface area (Å²) in [6.07, 6.45) is 5.16. The number of carbonyl (C=O) groups is 1. The summed E-state index contributed by atoms with van der Waals surface area (Å²) in [5.41, 5.74) is 1.78. The van der Waals surface area contributed by atoms with Crippen molar-refractivity contribution in [3.63, 3.8) is 0 Å². The van der Waals surface area contributed by atoms with Crippen LogP contribution in [0.25, 0.3) is 0 Å². The van der Waals surface area contributed by atoms with E-state index in [1.807, 2.05) is 24.3 Å². The van der Waals surface area contributed by atoms with Crippen LogP contribution in [-0.2, 0) is 4.79 Å². The predicted octanol–water partition coefficient (Wildman–Crippen LogP) is 2.08. The van der Waals surface area contributed by atoms with Gasteiger partial charge in [-0.15, -0.1) is 0 Å². The first-order chi connectivity index (χ1) is 12.2. The van der Waals surface area contributed by atoms with Gasteiger partial charge in [-0.3, -0.25) is 9.69 Å². The van der Waals surface area contributed by atoms with Gasteiger partial charge in [0.15, 0.2) is 0 Å². The van der Waals surface area contributed by atoms with Crippen LogP contribution in [0.3, 0.4) is 0 Å². The van der Waals surface area contributed by atoms with Crippen molar-refractivity contribution in [1.82, 2.24) is 9.80 Å². The van der Waals surface area contributed by atoms with E-state index in [1.54, 1.807) is 0 Å². The van der Waals surface area contributed by atoms with Crippen molar-refractivity contribution in [1.29, 1.82) is 5.26 Å². The van der Waals surface area contributed by atoms with Gasteiger partial charge in [0.25, 0.3) is 0 Å². The third kappa shape index (κ3) is 3.36. The first-order valence-electron chi connectivity index (χ1n) is 9.52. The number of anilines is 1. The van der Waals surface area contributed by atoms with Gasteiger partial charge < -0.3 is 9.80 Å². The molecule has 0 aromatic heterocycles. The fraction of sp³-hybridized carbons (Fsp3) is 0.600. The van der Waals surface area contributed by atoms with Crippen molar-refractivity contribution >= 4 is 11.6 Å². The van der Waals surface area contributed by atoms with Gasteiger partial charge in [0, 0.05) is 51.0 Å². The lowest BCUT2D eigenvalue weighted by atomic mass is 9.91. The van der Waals surface area contributed by atoms with Crippen LogP contribution in [0.1, 0.15) is 31.2 Å². The van der Waals surface area contributed by atoms with E-state index in [0.717, 1.165) is 57.4 Å². The fourth-order valence-electron chi connectivity index (χ4n) is 4.13. The molecular formula is C20H26N4O. The van der Waals surface area contributed by atoms with Gasteiger partial charge in [-0.1, -0.05) is 6.42 Å². The summed E-state index contributed by atoms with van der Waals surface area (Å²) in [6.45, 7) is 5.60. The smallest absolute Gasteiger partial charge is 0.229 e. The molecule has 4 rings (SSSR count). The highest BCUT2D eigenvalue weighted by Crippen LogP contribution is 2.28. The molecular weight excluding hydrogens is 312 g/mol. The summed E-state index contributed by atoms with van der Waals surface area (Å²) in [6, 6.07) is 10.6. The van der Waals surface area contributed by atoms with Crippen molar-refractivity contribution in [2.75, 3.05) is 44.2 Å². The average Bonchev–Trinajstić information content (AvgIpc) is 2.78. The van der Waals surface area contributed by atoms with Crippen molar-refractivity contribution in [2.45, 2.75) is 31.7 Å². The Morgan fingerprint density at radius 2 is 1.76 bits per heavy atom. The Bertz CT molecular complexity index is 655. The molecule has 5 nitrogen and oxygen atoms in total. The number of benzene rings is 1. The molecule has 0 atom stereocenters. The van der Waals surface area contributed by atoms with E-state index < -0.39 is 0 Å². The maximum absolute atomic E-state index is 12.8. The first-order valence-corrected chi connectivity index (χ1v) is 9.52. The summed E-state index contributed by atoms with van der Waals surface area (Å²) in [5.74, 6) is 0.464. The Balaban J connectivity index is 1.28. The van der Waals surface area contributed by atoms with E-state index in [1.165, 1.54) is 19.3 Å².